The summed E-state index contributed by atoms with van der Waals surface area (Å²) < 4.78 is 2.11. The summed E-state index contributed by atoms with van der Waals surface area (Å²) in [5, 5.41) is 4.08. The maximum atomic E-state index is 12.3. The van der Waals surface area contributed by atoms with Gasteiger partial charge in [0.25, 0.3) is 0 Å². The number of carbonyl (C=O) groups is 1. The zero-order valence-corrected chi connectivity index (χ0v) is 15.0. The second-order valence-electron chi connectivity index (χ2n) is 6.51. The third-order valence-electron chi connectivity index (χ3n) is 4.72. The molecule has 24 heavy (non-hydrogen) atoms. The molecule has 0 saturated heterocycles. The molecule has 0 bridgehead atoms. The fourth-order valence-electron chi connectivity index (χ4n) is 3.38. The van der Waals surface area contributed by atoms with Crippen LogP contribution in [0.1, 0.15) is 32.6 Å². The molecule has 0 radical (unpaired) electrons. The summed E-state index contributed by atoms with van der Waals surface area (Å²) in [5.41, 5.74) is 2.05. The zero-order chi connectivity index (χ0) is 16.9. The normalized spacial score (nSPS) is 20.9. The molecule has 3 rings (SSSR count). The van der Waals surface area contributed by atoms with Crippen molar-refractivity contribution in [2.45, 2.75) is 50.4 Å². The van der Waals surface area contributed by atoms with Crippen LogP contribution in [0.5, 0.6) is 0 Å². The van der Waals surface area contributed by atoms with Crippen molar-refractivity contribution in [3.05, 3.63) is 36.9 Å². The molecule has 1 saturated carbocycles. The van der Waals surface area contributed by atoms with Crippen LogP contribution in [0.3, 0.4) is 0 Å². The number of para-hydroxylation sites is 2. The van der Waals surface area contributed by atoms with E-state index in [2.05, 4.69) is 34.4 Å². The molecule has 1 aliphatic carbocycles. The van der Waals surface area contributed by atoms with Crippen molar-refractivity contribution < 1.29 is 4.79 Å². The highest BCUT2D eigenvalue weighted by molar-refractivity contribution is 7.99. The molecule has 5 heteroatoms. The van der Waals surface area contributed by atoms with Crippen molar-refractivity contribution in [3.63, 3.8) is 0 Å². The first kappa shape index (κ1) is 17.1. The molecule has 2 atom stereocenters. The van der Waals surface area contributed by atoms with Gasteiger partial charge in [-0.15, -0.1) is 6.58 Å². The average molecular weight is 343 g/mol. The number of amides is 1. The van der Waals surface area contributed by atoms with Gasteiger partial charge in [-0.25, -0.2) is 4.98 Å². The number of hydrogen-bond donors (Lipinski definition) is 1. The van der Waals surface area contributed by atoms with Gasteiger partial charge in [-0.05, 0) is 30.9 Å². The predicted molar refractivity (Wildman–Crippen MR) is 100 cm³/mol. The minimum absolute atomic E-state index is 0.107. The van der Waals surface area contributed by atoms with Crippen LogP contribution in [0.2, 0.25) is 0 Å². The van der Waals surface area contributed by atoms with Gasteiger partial charge in [-0.3, -0.25) is 4.79 Å². The molecule has 0 aliphatic heterocycles. The Balaban J connectivity index is 1.65. The summed E-state index contributed by atoms with van der Waals surface area (Å²) in [6.07, 6.45) is 6.69. The lowest BCUT2D eigenvalue weighted by Crippen LogP contribution is -2.41. The summed E-state index contributed by atoms with van der Waals surface area (Å²) >= 11 is 1.50. The first-order valence-corrected chi connectivity index (χ1v) is 9.66. The summed E-state index contributed by atoms with van der Waals surface area (Å²) in [7, 11) is 0. The number of benzene rings is 1. The molecule has 1 aromatic carbocycles. The van der Waals surface area contributed by atoms with E-state index >= 15 is 0 Å². The molecule has 1 fully saturated rings. The number of aromatic nitrogens is 2. The van der Waals surface area contributed by atoms with Gasteiger partial charge >= 0.3 is 0 Å². The minimum atomic E-state index is 0.107. The number of nitrogens with one attached hydrogen (secondary N) is 1. The Morgan fingerprint density at radius 1 is 1.42 bits per heavy atom. The van der Waals surface area contributed by atoms with E-state index < -0.39 is 0 Å². The van der Waals surface area contributed by atoms with E-state index in [1.165, 1.54) is 31.0 Å². The van der Waals surface area contributed by atoms with E-state index in [-0.39, 0.29) is 5.91 Å². The molecule has 1 aromatic heterocycles. The monoisotopic (exact) mass is 343 g/mol. The zero-order valence-electron chi connectivity index (χ0n) is 14.2. The van der Waals surface area contributed by atoms with E-state index in [1.807, 2.05) is 24.3 Å². The Kier molecular flexibility index (Phi) is 5.61. The molecule has 4 nitrogen and oxygen atoms in total. The molecule has 1 N–H and O–H groups in total. The van der Waals surface area contributed by atoms with E-state index in [9.17, 15) is 4.79 Å². The number of hydrogen-bond acceptors (Lipinski definition) is 3. The van der Waals surface area contributed by atoms with Gasteiger partial charge in [-0.1, -0.05) is 49.7 Å². The van der Waals surface area contributed by atoms with Crippen LogP contribution in [0.4, 0.5) is 0 Å². The van der Waals surface area contributed by atoms with Crippen LogP contribution in [0, 0.1) is 5.92 Å². The van der Waals surface area contributed by atoms with Gasteiger partial charge in [-0.2, -0.15) is 0 Å². The van der Waals surface area contributed by atoms with Gasteiger partial charge < -0.3 is 9.88 Å². The highest BCUT2D eigenvalue weighted by atomic mass is 32.2. The van der Waals surface area contributed by atoms with Crippen molar-refractivity contribution in [3.8, 4) is 0 Å². The molecular weight excluding hydrogens is 318 g/mol. The third-order valence-corrected chi connectivity index (χ3v) is 5.70. The van der Waals surface area contributed by atoms with Gasteiger partial charge in [0, 0.05) is 12.6 Å². The van der Waals surface area contributed by atoms with E-state index in [0.717, 1.165) is 22.6 Å². The van der Waals surface area contributed by atoms with Gasteiger partial charge in [0.15, 0.2) is 5.16 Å². The second-order valence-corrected chi connectivity index (χ2v) is 7.45. The van der Waals surface area contributed by atoms with Crippen LogP contribution in [0.15, 0.2) is 42.1 Å². The Morgan fingerprint density at radius 2 is 2.21 bits per heavy atom. The predicted octanol–water partition coefficient (Wildman–Crippen LogP) is 4.01. The molecule has 2 aromatic rings. The number of thioether (sulfide) groups is 1. The smallest absolute Gasteiger partial charge is 0.230 e. The first-order chi connectivity index (χ1) is 11.7. The maximum absolute atomic E-state index is 12.3. The Bertz CT molecular complexity index is 724. The fourth-order valence-corrected chi connectivity index (χ4v) is 4.21. The molecule has 2 unspecified atom stereocenters. The molecule has 1 amide bonds. The number of rotatable bonds is 6. The number of carbonyl (C=O) groups excluding carboxylic acids is 1. The van der Waals surface area contributed by atoms with Crippen LogP contribution in [0.25, 0.3) is 11.0 Å². The fraction of sp³-hybridized carbons (Fsp3) is 0.474. The lowest BCUT2D eigenvalue weighted by atomic mass is 9.86. The largest absolute Gasteiger partial charge is 0.352 e. The lowest BCUT2D eigenvalue weighted by Gasteiger charge is -2.29. The van der Waals surface area contributed by atoms with Gasteiger partial charge in [0.05, 0.1) is 16.8 Å². The van der Waals surface area contributed by atoms with Crippen molar-refractivity contribution in [1.82, 2.24) is 14.9 Å². The van der Waals surface area contributed by atoms with Gasteiger partial charge in [0.1, 0.15) is 0 Å². The highest BCUT2D eigenvalue weighted by Crippen LogP contribution is 2.26. The molecule has 1 heterocycles. The van der Waals surface area contributed by atoms with Crippen molar-refractivity contribution >= 4 is 28.7 Å². The number of allylic oxidation sites excluding steroid dienone is 1. The number of fused-ring (bicyclic) bond motifs is 1. The van der Waals surface area contributed by atoms with Crippen molar-refractivity contribution in [2.75, 3.05) is 5.75 Å². The number of nitrogens with zero attached hydrogens (tertiary/aromatic N) is 2. The molecule has 0 spiro atoms. The molecule has 128 valence electrons. The molecule has 1 aliphatic rings. The Morgan fingerprint density at radius 3 is 3.00 bits per heavy atom. The standard InChI is InChI=1S/C19H25N3OS/c1-3-12-22-17-11-7-6-10-16(17)21-19(22)24-13-18(23)20-15-9-5-4-8-14(15)2/h3,6-7,10-11,14-15H,1,4-5,8-9,12-13H2,2H3,(H,20,23). The van der Waals surface area contributed by atoms with Gasteiger partial charge in [0.2, 0.25) is 5.91 Å². The first-order valence-electron chi connectivity index (χ1n) is 8.67. The summed E-state index contributed by atoms with van der Waals surface area (Å²) in [6.45, 7) is 6.76. The lowest BCUT2D eigenvalue weighted by molar-refractivity contribution is -0.119. The van der Waals surface area contributed by atoms with Crippen LogP contribution in [-0.4, -0.2) is 27.3 Å². The number of imidazole rings is 1. The van der Waals surface area contributed by atoms with Crippen LogP contribution in [-0.2, 0) is 11.3 Å². The topological polar surface area (TPSA) is 46.9 Å². The highest BCUT2D eigenvalue weighted by Gasteiger charge is 2.23. The third kappa shape index (κ3) is 3.83. The average Bonchev–Trinajstić information content (AvgIpc) is 2.93. The van der Waals surface area contributed by atoms with Crippen LogP contribution >= 0.6 is 11.8 Å². The Labute approximate surface area is 147 Å². The Hall–Kier alpha value is -1.75. The summed E-state index contributed by atoms with van der Waals surface area (Å²) in [4.78, 5) is 17.0. The SMILES string of the molecule is C=CCn1c(SCC(=O)NC2CCCCC2C)nc2ccccc21. The van der Waals surface area contributed by atoms with Crippen molar-refractivity contribution in [2.24, 2.45) is 5.92 Å². The second kappa shape index (κ2) is 7.88. The van der Waals surface area contributed by atoms with E-state index in [1.54, 1.807) is 0 Å². The van der Waals surface area contributed by atoms with Crippen LogP contribution < -0.4 is 5.32 Å². The maximum Gasteiger partial charge on any atom is 0.230 e. The van der Waals surface area contributed by atoms with E-state index in [4.69, 9.17) is 0 Å². The van der Waals surface area contributed by atoms with E-state index in [0.29, 0.717) is 24.3 Å². The quantitative estimate of drug-likeness (QED) is 0.637. The van der Waals surface area contributed by atoms with Crippen molar-refractivity contribution in [1.29, 1.82) is 0 Å². The summed E-state index contributed by atoms with van der Waals surface area (Å²) in [5.74, 6) is 1.10. The molecular formula is C19H25N3OS. The summed E-state index contributed by atoms with van der Waals surface area (Å²) in [6, 6.07) is 8.38. The minimum Gasteiger partial charge on any atom is -0.352 e.